The average molecular weight is 715 g/mol. The fraction of sp³-hybridized carbons (Fsp3) is 0.0741. The molecule has 0 spiro atoms. The highest BCUT2D eigenvalue weighted by atomic mass is 15.1. The van der Waals surface area contributed by atoms with Crippen molar-refractivity contribution >= 4 is 66.5 Å². The van der Waals surface area contributed by atoms with E-state index in [1.165, 1.54) is 99.4 Å². The molecule has 0 fully saturated rings. The quantitative estimate of drug-likeness (QED) is 0.172. The Morgan fingerprint density at radius 1 is 0.554 bits per heavy atom. The molecule has 1 unspecified atom stereocenters. The molecule has 1 aromatic heterocycles. The van der Waals surface area contributed by atoms with Crippen molar-refractivity contribution in [1.82, 2.24) is 4.57 Å². The summed E-state index contributed by atoms with van der Waals surface area (Å²) in [5, 5.41) is 7.73. The van der Waals surface area contributed by atoms with Crippen molar-refractivity contribution in [2.75, 3.05) is 4.90 Å². The summed E-state index contributed by atoms with van der Waals surface area (Å²) < 4.78 is 2.46. The van der Waals surface area contributed by atoms with Crippen molar-refractivity contribution in [3.05, 3.63) is 199 Å². The van der Waals surface area contributed by atoms with E-state index in [1.54, 1.807) is 0 Å². The maximum Gasteiger partial charge on any atom is 0.0561 e. The summed E-state index contributed by atoms with van der Waals surface area (Å²) in [5.74, 6) is 0.290. The first-order valence-electron chi connectivity index (χ1n) is 19.9. The fourth-order valence-corrected chi connectivity index (χ4v) is 9.95. The van der Waals surface area contributed by atoms with Gasteiger partial charge < -0.3 is 9.47 Å². The van der Waals surface area contributed by atoms with Crippen LogP contribution in [-0.2, 0) is 6.42 Å². The molecule has 1 heterocycles. The predicted molar refractivity (Wildman–Crippen MR) is 238 cm³/mol. The van der Waals surface area contributed by atoms with Gasteiger partial charge in [-0.3, -0.25) is 0 Å². The van der Waals surface area contributed by atoms with Crippen molar-refractivity contribution in [2.45, 2.75) is 25.2 Å². The van der Waals surface area contributed by atoms with Crippen LogP contribution < -0.4 is 4.90 Å². The fourth-order valence-electron chi connectivity index (χ4n) is 9.95. The second-order valence-electron chi connectivity index (χ2n) is 15.5. The normalized spacial score (nSPS) is 15.2. The van der Waals surface area contributed by atoms with E-state index in [-0.39, 0.29) is 5.92 Å². The highest BCUT2D eigenvalue weighted by Crippen LogP contribution is 2.53. The van der Waals surface area contributed by atoms with Crippen molar-refractivity contribution in [1.29, 1.82) is 0 Å². The van der Waals surface area contributed by atoms with Gasteiger partial charge in [0.15, 0.2) is 0 Å². The number of fused-ring (bicyclic) bond motifs is 9. The third-order valence-electron chi connectivity index (χ3n) is 12.5. The van der Waals surface area contributed by atoms with Crippen LogP contribution in [0.3, 0.4) is 0 Å². The van der Waals surface area contributed by atoms with Crippen LogP contribution in [0.25, 0.3) is 77.4 Å². The number of rotatable bonds is 5. The summed E-state index contributed by atoms with van der Waals surface area (Å²) in [6.45, 7) is 0. The summed E-state index contributed by atoms with van der Waals surface area (Å²) in [6, 6.07) is 56.9. The first-order chi connectivity index (χ1) is 27.8. The maximum atomic E-state index is 2.53. The molecule has 0 saturated carbocycles. The van der Waals surface area contributed by atoms with E-state index in [9.17, 15) is 0 Å². The van der Waals surface area contributed by atoms with Gasteiger partial charge in [0.25, 0.3) is 0 Å². The zero-order valence-corrected chi connectivity index (χ0v) is 31.0. The monoisotopic (exact) mass is 714 g/mol. The summed E-state index contributed by atoms with van der Waals surface area (Å²) in [5.41, 5.74) is 16.7. The first kappa shape index (κ1) is 31.5. The van der Waals surface area contributed by atoms with E-state index in [0.29, 0.717) is 0 Å². The summed E-state index contributed by atoms with van der Waals surface area (Å²) in [6.07, 6.45) is 16.8. The number of hydrogen-bond donors (Lipinski definition) is 0. The number of nitrogens with zero attached hydrogens (tertiary/aromatic N) is 2. The van der Waals surface area contributed by atoms with Crippen LogP contribution in [0.15, 0.2) is 182 Å². The molecule has 0 aliphatic heterocycles. The minimum Gasteiger partial charge on any atom is -0.310 e. The van der Waals surface area contributed by atoms with E-state index in [4.69, 9.17) is 0 Å². The highest BCUT2D eigenvalue weighted by molar-refractivity contribution is 6.18. The second-order valence-corrected chi connectivity index (χ2v) is 15.5. The van der Waals surface area contributed by atoms with Gasteiger partial charge in [0.1, 0.15) is 0 Å². The Hall–Kier alpha value is -6.90. The van der Waals surface area contributed by atoms with E-state index in [1.807, 2.05) is 0 Å². The molecule has 264 valence electrons. The van der Waals surface area contributed by atoms with E-state index in [0.717, 1.165) is 24.9 Å². The van der Waals surface area contributed by atoms with Gasteiger partial charge in [-0.15, -0.1) is 0 Å². The van der Waals surface area contributed by atoms with Crippen LogP contribution in [0.4, 0.5) is 17.1 Å². The third-order valence-corrected chi connectivity index (χ3v) is 12.5. The van der Waals surface area contributed by atoms with Gasteiger partial charge in [0.2, 0.25) is 0 Å². The SMILES string of the molecule is C1=CCC(c2ccccc2N(c2ccc3c(c2)-c2c4c(cc5cccc-3c25)C=CCC4)c2ccc3c4ccccc4n(-c4ccc5ccccc5c4)c3c2)C=C1. The van der Waals surface area contributed by atoms with Gasteiger partial charge in [-0.2, -0.15) is 0 Å². The standard InChI is InChI=1S/C54H38N2/c1-2-14-36(15-3-1)43-19-8-10-23-50(43)55(41-27-29-45-48-22-12-18-39-31-38-17-6-7-20-44(38)54(53(39)48)49(45)33-41)42-28-30-47-46-21-9-11-24-51(46)56(52(47)34-42)40-26-25-35-13-4-5-16-37(35)32-40/h1-6,8-14,16-19,21-34,36H,7,15,20H2. The molecule has 3 aliphatic carbocycles. The van der Waals surface area contributed by atoms with Gasteiger partial charge in [0, 0.05) is 39.4 Å². The summed E-state index contributed by atoms with van der Waals surface area (Å²) >= 11 is 0. The van der Waals surface area contributed by atoms with Crippen molar-refractivity contribution in [3.8, 4) is 27.9 Å². The highest BCUT2D eigenvalue weighted by Gasteiger charge is 2.29. The maximum absolute atomic E-state index is 2.53. The number of allylic oxidation sites excluding steroid dienone is 5. The average Bonchev–Trinajstić information content (AvgIpc) is 3.77. The Bertz CT molecular complexity index is 3190. The molecule has 2 heteroatoms. The van der Waals surface area contributed by atoms with Crippen molar-refractivity contribution in [3.63, 3.8) is 0 Å². The Labute approximate surface area is 326 Å². The molecule has 9 aromatic rings. The van der Waals surface area contributed by atoms with E-state index < -0.39 is 0 Å². The molecule has 8 aromatic carbocycles. The van der Waals surface area contributed by atoms with Crippen LogP contribution in [0.5, 0.6) is 0 Å². The number of para-hydroxylation sites is 2. The molecule has 1 atom stereocenters. The lowest BCUT2D eigenvalue weighted by molar-refractivity contribution is 0.852. The van der Waals surface area contributed by atoms with Crippen LogP contribution >= 0.6 is 0 Å². The van der Waals surface area contributed by atoms with Crippen LogP contribution in [-0.4, -0.2) is 4.57 Å². The van der Waals surface area contributed by atoms with E-state index >= 15 is 0 Å². The smallest absolute Gasteiger partial charge is 0.0561 e. The molecule has 3 aliphatic rings. The van der Waals surface area contributed by atoms with Gasteiger partial charge in [-0.1, -0.05) is 134 Å². The minimum absolute atomic E-state index is 0.290. The number of anilines is 3. The molecular formula is C54H38N2. The second kappa shape index (κ2) is 12.3. The molecule has 2 nitrogen and oxygen atoms in total. The Balaban J connectivity index is 1.12. The topological polar surface area (TPSA) is 8.17 Å². The van der Waals surface area contributed by atoms with E-state index in [2.05, 4.69) is 198 Å². The Morgan fingerprint density at radius 2 is 1.38 bits per heavy atom. The minimum atomic E-state index is 0.290. The van der Waals surface area contributed by atoms with Crippen LogP contribution in [0.2, 0.25) is 0 Å². The largest absolute Gasteiger partial charge is 0.310 e. The van der Waals surface area contributed by atoms with Gasteiger partial charge in [-0.05, 0) is 134 Å². The lowest BCUT2D eigenvalue weighted by Crippen LogP contribution is -2.14. The predicted octanol–water partition coefficient (Wildman–Crippen LogP) is 14.8. The molecule has 0 radical (unpaired) electrons. The number of benzene rings is 8. The molecular weight excluding hydrogens is 677 g/mol. The Morgan fingerprint density at radius 3 is 2.32 bits per heavy atom. The van der Waals surface area contributed by atoms with Gasteiger partial charge in [0.05, 0.1) is 11.0 Å². The number of aromatic nitrogens is 1. The summed E-state index contributed by atoms with van der Waals surface area (Å²) in [4.78, 5) is 2.53. The van der Waals surface area contributed by atoms with Crippen LogP contribution in [0, 0.1) is 0 Å². The van der Waals surface area contributed by atoms with Gasteiger partial charge in [-0.25, -0.2) is 0 Å². The van der Waals surface area contributed by atoms with Gasteiger partial charge >= 0.3 is 0 Å². The van der Waals surface area contributed by atoms with Crippen molar-refractivity contribution < 1.29 is 0 Å². The molecule has 12 rings (SSSR count). The molecule has 0 saturated heterocycles. The zero-order chi connectivity index (χ0) is 36.7. The lowest BCUT2D eigenvalue weighted by Gasteiger charge is -2.30. The lowest BCUT2D eigenvalue weighted by atomic mass is 9.87. The molecule has 0 N–H and O–H groups in total. The zero-order valence-electron chi connectivity index (χ0n) is 31.0. The summed E-state index contributed by atoms with van der Waals surface area (Å²) in [7, 11) is 0. The van der Waals surface area contributed by atoms with Crippen molar-refractivity contribution in [2.24, 2.45) is 0 Å². The van der Waals surface area contributed by atoms with Crippen LogP contribution in [0.1, 0.15) is 35.4 Å². The molecule has 0 amide bonds. The Kier molecular flexibility index (Phi) is 6.91. The molecule has 56 heavy (non-hydrogen) atoms. The number of hydrogen-bond acceptors (Lipinski definition) is 1. The molecule has 0 bridgehead atoms. The first-order valence-corrected chi connectivity index (χ1v) is 19.9. The third kappa shape index (κ3) is 4.69.